The Morgan fingerprint density at radius 2 is 2.11 bits per heavy atom. The molecule has 0 spiro atoms. The lowest BCUT2D eigenvalue weighted by atomic mass is 9.98. The standard InChI is InChI=1S/C14H14ClN3O/c15-13-3-1-11(2-4-13)12-7-14(19)18(8-12)10-17-6-5-16-9-17/h1-6,9,12H,7-8,10H2. The van der Waals surface area contributed by atoms with Gasteiger partial charge in [0, 0.05) is 36.3 Å². The Morgan fingerprint density at radius 1 is 1.32 bits per heavy atom. The highest BCUT2D eigenvalue weighted by atomic mass is 35.5. The van der Waals surface area contributed by atoms with Crippen LogP contribution >= 0.6 is 11.6 Å². The van der Waals surface area contributed by atoms with Gasteiger partial charge in [0.1, 0.15) is 0 Å². The first-order chi connectivity index (χ1) is 9.22. The number of nitrogens with zero attached hydrogens (tertiary/aromatic N) is 3. The van der Waals surface area contributed by atoms with E-state index in [1.807, 2.05) is 39.9 Å². The predicted molar refractivity (Wildman–Crippen MR) is 72.8 cm³/mol. The lowest BCUT2D eigenvalue weighted by Crippen LogP contribution is -2.27. The molecule has 1 aromatic heterocycles. The smallest absolute Gasteiger partial charge is 0.224 e. The Morgan fingerprint density at radius 3 is 2.79 bits per heavy atom. The van der Waals surface area contributed by atoms with E-state index in [2.05, 4.69) is 4.98 Å². The van der Waals surface area contributed by atoms with E-state index >= 15 is 0 Å². The Balaban J connectivity index is 1.71. The molecule has 2 aromatic rings. The van der Waals surface area contributed by atoms with Crippen molar-refractivity contribution >= 4 is 17.5 Å². The summed E-state index contributed by atoms with van der Waals surface area (Å²) in [7, 11) is 0. The first kappa shape index (κ1) is 12.2. The second-order valence-electron chi connectivity index (χ2n) is 4.79. The third-order valence-electron chi connectivity index (χ3n) is 3.45. The number of benzene rings is 1. The molecule has 0 N–H and O–H groups in total. The summed E-state index contributed by atoms with van der Waals surface area (Å²) in [6.07, 6.45) is 5.87. The number of carbonyl (C=O) groups is 1. The normalized spacial score (nSPS) is 19.1. The van der Waals surface area contributed by atoms with Gasteiger partial charge in [0.25, 0.3) is 0 Å². The maximum Gasteiger partial charge on any atom is 0.224 e. The molecule has 19 heavy (non-hydrogen) atoms. The molecule has 1 aromatic carbocycles. The summed E-state index contributed by atoms with van der Waals surface area (Å²) in [5.74, 6) is 0.446. The van der Waals surface area contributed by atoms with Gasteiger partial charge in [-0.25, -0.2) is 4.98 Å². The van der Waals surface area contributed by atoms with Crippen molar-refractivity contribution in [1.82, 2.24) is 14.5 Å². The van der Waals surface area contributed by atoms with Gasteiger partial charge in [-0.05, 0) is 17.7 Å². The fraction of sp³-hybridized carbons (Fsp3) is 0.286. The van der Waals surface area contributed by atoms with Crippen molar-refractivity contribution in [1.29, 1.82) is 0 Å². The van der Waals surface area contributed by atoms with Crippen molar-refractivity contribution in [2.24, 2.45) is 0 Å². The number of imidazole rings is 1. The lowest BCUT2D eigenvalue weighted by Gasteiger charge is -2.17. The van der Waals surface area contributed by atoms with Crippen LogP contribution in [0.25, 0.3) is 0 Å². The van der Waals surface area contributed by atoms with Crippen molar-refractivity contribution in [2.45, 2.75) is 19.0 Å². The van der Waals surface area contributed by atoms with E-state index < -0.39 is 0 Å². The largest absolute Gasteiger partial charge is 0.324 e. The summed E-state index contributed by atoms with van der Waals surface area (Å²) in [6, 6.07) is 7.75. The van der Waals surface area contributed by atoms with E-state index in [4.69, 9.17) is 11.6 Å². The van der Waals surface area contributed by atoms with Gasteiger partial charge >= 0.3 is 0 Å². The first-order valence-electron chi connectivity index (χ1n) is 6.21. The second kappa shape index (κ2) is 5.05. The third kappa shape index (κ3) is 2.63. The van der Waals surface area contributed by atoms with E-state index in [1.54, 1.807) is 12.5 Å². The van der Waals surface area contributed by atoms with E-state index in [0.717, 1.165) is 11.6 Å². The summed E-state index contributed by atoms with van der Waals surface area (Å²) < 4.78 is 1.90. The van der Waals surface area contributed by atoms with Crippen LogP contribution in [0.1, 0.15) is 17.9 Å². The summed E-state index contributed by atoms with van der Waals surface area (Å²) in [4.78, 5) is 17.9. The number of carbonyl (C=O) groups excluding carboxylic acids is 1. The highest BCUT2D eigenvalue weighted by Crippen LogP contribution is 2.29. The van der Waals surface area contributed by atoms with Crippen molar-refractivity contribution in [3.63, 3.8) is 0 Å². The Kier molecular flexibility index (Phi) is 3.25. The van der Waals surface area contributed by atoms with Crippen LogP contribution < -0.4 is 0 Å². The first-order valence-corrected chi connectivity index (χ1v) is 6.59. The molecule has 3 rings (SSSR count). The molecular weight excluding hydrogens is 262 g/mol. The third-order valence-corrected chi connectivity index (χ3v) is 3.70. The van der Waals surface area contributed by atoms with Crippen LogP contribution in [-0.4, -0.2) is 26.9 Å². The summed E-state index contributed by atoms with van der Waals surface area (Å²) in [5, 5.41) is 0.725. The molecule has 0 bridgehead atoms. The van der Waals surface area contributed by atoms with E-state index in [-0.39, 0.29) is 11.8 Å². The molecule has 1 saturated heterocycles. The van der Waals surface area contributed by atoms with Crippen LogP contribution in [0.15, 0.2) is 43.0 Å². The minimum atomic E-state index is 0.189. The molecule has 2 heterocycles. The molecule has 1 aliphatic rings. The van der Waals surface area contributed by atoms with Gasteiger partial charge in [0.15, 0.2) is 0 Å². The SMILES string of the molecule is O=C1CC(c2ccc(Cl)cc2)CN1Cn1ccnc1. The molecule has 1 aliphatic heterocycles. The average molecular weight is 276 g/mol. The second-order valence-corrected chi connectivity index (χ2v) is 5.22. The van der Waals surface area contributed by atoms with Crippen LogP contribution in [0.5, 0.6) is 0 Å². The molecular formula is C14H14ClN3O. The van der Waals surface area contributed by atoms with Crippen molar-refractivity contribution in [3.8, 4) is 0 Å². The Bertz CT molecular complexity index is 565. The van der Waals surface area contributed by atoms with Gasteiger partial charge in [-0.3, -0.25) is 4.79 Å². The number of hydrogen-bond donors (Lipinski definition) is 0. The number of rotatable bonds is 3. The van der Waals surface area contributed by atoms with Gasteiger partial charge in [-0.15, -0.1) is 0 Å². The summed E-state index contributed by atoms with van der Waals surface area (Å²) in [5.41, 5.74) is 1.17. The summed E-state index contributed by atoms with van der Waals surface area (Å²) >= 11 is 5.88. The zero-order valence-corrected chi connectivity index (χ0v) is 11.1. The van der Waals surface area contributed by atoms with Gasteiger partial charge in [-0.1, -0.05) is 23.7 Å². The number of halogens is 1. The van der Waals surface area contributed by atoms with Crippen molar-refractivity contribution in [3.05, 3.63) is 53.6 Å². The minimum absolute atomic E-state index is 0.189. The van der Waals surface area contributed by atoms with Gasteiger partial charge < -0.3 is 9.47 Å². The quantitative estimate of drug-likeness (QED) is 0.863. The zero-order chi connectivity index (χ0) is 13.2. The topological polar surface area (TPSA) is 38.1 Å². The monoisotopic (exact) mass is 275 g/mol. The zero-order valence-electron chi connectivity index (χ0n) is 10.4. The molecule has 0 radical (unpaired) electrons. The van der Waals surface area contributed by atoms with Gasteiger partial charge in [-0.2, -0.15) is 0 Å². The predicted octanol–water partition coefficient (Wildman–Crippen LogP) is 2.51. The van der Waals surface area contributed by atoms with Gasteiger partial charge in [0.05, 0.1) is 13.0 Å². The highest BCUT2D eigenvalue weighted by Gasteiger charge is 2.30. The number of hydrogen-bond acceptors (Lipinski definition) is 2. The molecule has 0 aliphatic carbocycles. The van der Waals surface area contributed by atoms with Crippen LogP contribution in [0.4, 0.5) is 0 Å². The highest BCUT2D eigenvalue weighted by molar-refractivity contribution is 6.30. The minimum Gasteiger partial charge on any atom is -0.324 e. The molecule has 5 heteroatoms. The Labute approximate surface area is 116 Å². The van der Waals surface area contributed by atoms with E-state index in [1.165, 1.54) is 5.56 Å². The van der Waals surface area contributed by atoms with Crippen molar-refractivity contribution < 1.29 is 4.79 Å². The molecule has 98 valence electrons. The molecule has 0 saturated carbocycles. The molecule has 1 atom stereocenters. The maximum absolute atomic E-state index is 12.0. The van der Waals surface area contributed by atoms with Gasteiger partial charge in [0.2, 0.25) is 5.91 Å². The fourth-order valence-electron chi connectivity index (χ4n) is 2.43. The average Bonchev–Trinajstić information content (AvgIpc) is 3.02. The molecule has 1 amide bonds. The number of amides is 1. The Hall–Kier alpha value is -1.81. The molecule has 4 nitrogen and oxygen atoms in total. The fourth-order valence-corrected chi connectivity index (χ4v) is 2.56. The van der Waals surface area contributed by atoms with Crippen LogP contribution in [0.2, 0.25) is 5.02 Å². The van der Waals surface area contributed by atoms with Crippen LogP contribution in [0, 0.1) is 0 Å². The van der Waals surface area contributed by atoms with Crippen LogP contribution in [0.3, 0.4) is 0 Å². The molecule has 1 unspecified atom stereocenters. The van der Waals surface area contributed by atoms with Crippen LogP contribution in [-0.2, 0) is 11.5 Å². The maximum atomic E-state index is 12.0. The molecule has 1 fully saturated rings. The summed E-state index contributed by atoms with van der Waals surface area (Å²) in [6.45, 7) is 1.32. The number of aromatic nitrogens is 2. The van der Waals surface area contributed by atoms with Crippen molar-refractivity contribution in [2.75, 3.05) is 6.54 Å². The number of likely N-dealkylation sites (tertiary alicyclic amines) is 1. The lowest BCUT2D eigenvalue weighted by molar-refractivity contribution is -0.129. The van der Waals surface area contributed by atoms with E-state index in [9.17, 15) is 4.79 Å². The van der Waals surface area contributed by atoms with E-state index in [0.29, 0.717) is 13.1 Å².